The largest absolute Gasteiger partial charge is 0.399 e. The SMILES string of the molecule is CN1CC(Nc2cc(N)ccn2)C1. The van der Waals surface area contributed by atoms with Crippen LogP contribution in [0.15, 0.2) is 18.3 Å². The van der Waals surface area contributed by atoms with Gasteiger partial charge in [-0.3, -0.25) is 0 Å². The van der Waals surface area contributed by atoms with Crippen LogP contribution >= 0.6 is 0 Å². The number of nitrogens with two attached hydrogens (primary N) is 1. The van der Waals surface area contributed by atoms with Crippen molar-refractivity contribution in [2.45, 2.75) is 6.04 Å². The summed E-state index contributed by atoms with van der Waals surface area (Å²) in [6.45, 7) is 2.16. The van der Waals surface area contributed by atoms with Crippen LogP contribution < -0.4 is 11.1 Å². The molecule has 0 unspecified atom stereocenters. The number of likely N-dealkylation sites (N-methyl/N-ethyl adjacent to an activating group) is 1. The van der Waals surface area contributed by atoms with Crippen molar-refractivity contribution in [3.05, 3.63) is 18.3 Å². The number of rotatable bonds is 2. The topological polar surface area (TPSA) is 54.2 Å². The van der Waals surface area contributed by atoms with Crippen LogP contribution in [0, 0.1) is 0 Å². The van der Waals surface area contributed by atoms with E-state index in [0.717, 1.165) is 24.6 Å². The van der Waals surface area contributed by atoms with Gasteiger partial charge in [0.1, 0.15) is 5.82 Å². The van der Waals surface area contributed by atoms with Gasteiger partial charge in [-0.1, -0.05) is 0 Å². The second-order valence-electron chi connectivity index (χ2n) is 3.54. The van der Waals surface area contributed by atoms with Crippen molar-refractivity contribution in [3.8, 4) is 0 Å². The molecule has 0 radical (unpaired) electrons. The van der Waals surface area contributed by atoms with E-state index in [4.69, 9.17) is 5.73 Å². The monoisotopic (exact) mass is 178 g/mol. The molecule has 0 aromatic carbocycles. The van der Waals surface area contributed by atoms with E-state index in [1.807, 2.05) is 6.07 Å². The van der Waals surface area contributed by atoms with E-state index in [1.165, 1.54) is 0 Å². The summed E-state index contributed by atoms with van der Waals surface area (Å²) >= 11 is 0. The first kappa shape index (κ1) is 8.31. The molecule has 1 aromatic rings. The van der Waals surface area contributed by atoms with Crippen LogP contribution in [0.1, 0.15) is 0 Å². The lowest BCUT2D eigenvalue weighted by atomic mass is 10.1. The lowest BCUT2D eigenvalue weighted by Crippen LogP contribution is -2.52. The number of pyridine rings is 1. The third kappa shape index (κ3) is 1.89. The molecule has 0 saturated carbocycles. The summed E-state index contributed by atoms with van der Waals surface area (Å²) in [6.07, 6.45) is 1.72. The Kier molecular flexibility index (Phi) is 2.06. The van der Waals surface area contributed by atoms with Gasteiger partial charge in [-0.05, 0) is 13.1 Å². The summed E-state index contributed by atoms with van der Waals surface area (Å²) in [4.78, 5) is 6.43. The van der Waals surface area contributed by atoms with Crippen molar-refractivity contribution in [3.63, 3.8) is 0 Å². The lowest BCUT2D eigenvalue weighted by Gasteiger charge is -2.36. The van der Waals surface area contributed by atoms with Gasteiger partial charge >= 0.3 is 0 Å². The molecule has 4 heteroatoms. The average molecular weight is 178 g/mol. The second-order valence-corrected chi connectivity index (χ2v) is 3.54. The summed E-state index contributed by atoms with van der Waals surface area (Å²) < 4.78 is 0. The van der Waals surface area contributed by atoms with E-state index >= 15 is 0 Å². The first-order valence-electron chi connectivity index (χ1n) is 4.40. The Hall–Kier alpha value is -1.29. The van der Waals surface area contributed by atoms with Crippen molar-refractivity contribution in [2.75, 3.05) is 31.2 Å². The van der Waals surface area contributed by atoms with Gasteiger partial charge in [0, 0.05) is 31.0 Å². The Bertz CT molecular complexity index is 293. The molecular weight excluding hydrogens is 164 g/mol. The predicted octanol–water partition coefficient (Wildman–Crippen LogP) is 0.390. The molecule has 1 saturated heterocycles. The third-order valence-corrected chi connectivity index (χ3v) is 2.20. The maximum Gasteiger partial charge on any atom is 0.128 e. The number of nitrogens with zero attached hydrogens (tertiary/aromatic N) is 2. The number of hydrogen-bond donors (Lipinski definition) is 2. The van der Waals surface area contributed by atoms with Crippen LogP contribution in [0.25, 0.3) is 0 Å². The van der Waals surface area contributed by atoms with Gasteiger partial charge in [-0.2, -0.15) is 0 Å². The number of likely N-dealkylation sites (tertiary alicyclic amines) is 1. The molecule has 3 N–H and O–H groups in total. The molecule has 0 atom stereocenters. The Morgan fingerprint density at radius 2 is 2.38 bits per heavy atom. The molecule has 0 amide bonds. The van der Waals surface area contributed by atoms with E-state index < -0.39 is 0 Å². The minimum atomic E-state index is 0.527. The van der Waals surface area contributed by atoms with Gasteiger partial charge in [0.25, 0.3) is 0 Å². The van der Waals surface area contributed by atoms with Crippen LogP contribution in [0.3, 0.4) is 0 Å². The summed E-state index contributed by atoms with van der Waals surface area (Å²) in [7, 11) is 2.10. The highest BCUT2D eigenvalue weighted by molar-refractivity contribution is 5.49. The summed E-state index contributed by atoms with van der Waals surface area (Å²) in [5.41, 5.74) is 6.39. The molecule has 2 rings (SSSR count). The van der Waals surface area contributed by atoms with Gasteiger partial charge in [0.15, 0.2) is 0 Å². The zero-order chi connectivity index (χ0) is 9.26. The van der Waals surface area contributed by atoms with E-state index in [-0.39, 0.29) is 0 Å². The van der Waals surface area contributed by atoms with Crippen LogP contribution in [-0.2, 0) is 0 Å². The Morgan fingerprint density at radius 3 is 3.00 bits per heavy atom. The van der Waals surface area contributed by atoms with E-state index in [9.17, 15) is 0 Å². The fourth-order valence-corrected chi connectivity index (χ4v) is 1.53. The van der Waals surface area contributed by atoms with Crippen LogP contribution in [-0.4, -0.2) is 36.1 Å². The number of hydrogen-bond acceptors (Lipinski definition) is 4. The number of aromatic nitrogens is 1. The van der Waals surface area contributed by atoms with Crippen LogP contribution in [0.5, 0.6) is 0 Å². The zero-order valence-electron chi connectivity index (χ0n) is 7.70. The second kappa shape index (κ2) is 3.22. The summed E-state index contributed by atoms with van der Waals surface area (Å²) in [5, 5.41) is 3.32. The van der Waals surface area contributed by atoms with E-state index in [2.05, 4.69) is 22.2 Å². The molecule has 0 spiro atoms. The fourth-order valence-electron chi connectivity index (χ4n) is 1.53. The van der Waals surface area contributed by atoms with Gasteiger partial charge < -0.3 is 16.0 Å². The van der Waals surface area contributed by atoms with Crippen molar-refractivity contribution in [1.82, 2.24) is 9.88 Å². The molecule has 1 aromatic heterocycles. The highest BCUT2D eigenvalue weighted by Gasteiger charge is 2.22. The fraction of sp³-hybridized carbons (Fsp3) is 0.444. The smallest absolute Gasteiger partial charge is 0.128 e. The molecular formula is C9H14N4. The molecule has 1 aliphatic heterocycles. The highest BCUT2D eigenvalue weighted by atomic mass is 15.2. The molecule has 4 nitrogen and oxygen atoms in total. The van der Waals surface area contributed by atoms with Crippen LogP contribution in [0.4, 0.5) is 11.5 Å². The molecule has 1 fully saturated rings. The van der Waals surface area contributed by atoms with Crippen LogP contribution in [0.2, 0.25) is 0 Å². The van der Waals surface area contributed by atoms with E-state index in [0.29, 0.717) is 6.04 Å². The minimum Gasteiger partial charge on any atom is -0.399 e. The average Bonchev–Trinajstić information content (AvgIpc) is 2.01. The van der Waals surface area contributed by atoms with Gasteiger partial charge in [0.2, 0.25) is 0 Å². The third-order valence-electron chi connectivity index (χ3n) is 2.20. The molecule has 0 bridgehead atoms. The maximum atomic E-state index is 5.63. The molecule has 70 valence electrons. The molecule has 1 aliphatic rings. The van der Waals surface area contributed by atoms with Crippen molar-refractivity contribution in [1.29, 1.82) is 0 Å². The molecule has 13 heavy (non-hydrogen) atoms. The number of nitrogen functional groups attached to an aromatic ring is 1. The minimum absolute atomic E-state index is 0.527. The first-order chi connectivity index (χ1) is 6.24. The number of nitrogens with one attached hydrogen (secondary N) is 1. The van der Waals surface area contributed by atoms with Gasteiger partial charge in [0.05, 0.1) is 6.04 Å². The Labute approximate surface area is 77.8 Å². The highest BCUT2D eigenvalue weighted by Crippen LogP contribution is 2.13. The molecule has 2 heterocycles. The van der Waals surface area contributed by atoms with Gasteiger partial charge in [-0.15, -0.1) is 0 Å². The quantitative estimate of drug-likeness (QED) is 0.688. The van der Waals surface area contributed by atoms with Crippen molar-refractivity contribution in [2.24, 2.45) is 0 Å². The zero-order valence-corrected chi connectivity index (χ0v) is 7.70. The molecule has 0 aliphatic carbocycles. The Morgan fingerprint density at radius 1 is 1.62 bits per heavy atom. The normalized spacial score (nSPS) is 18.2. The summed E-state index contributed by atoms with van der Waals surface area (Å²) in [5.74, 6) is 0.873. The Balaban J connectivity index is 1.94. The standard InChI is InChI=1S/C9H14N4/c1-13-5-8(6-13)12-9-4-7(10)2-3-11-9/h2-4,8H,5-6H2,1H3,(H3,10,11,12). The van der Waals surface area contributed by atoms with Crippen molar-refractivity contribution < 1.29 is 0 Å². The predicted molar refractivity (Wildman–Crippen MR) is 53.6 cm³/mol. The van der Waals surface area contributed by atoms with E-state index in [1.54, 1.807) is 12.3 Å². The van der Waals surface area contributed by atoms with Crippen molar-refractivity contribution >= 4 is 11.5 Å². The van der Waals surface area contributed by atoms with Gasteiger partial charge in [-0.25, -0.2) is 4.98 Å². The maximum absolute atomic E-state index is 5.63. The summed E-state index contributed by atoms with van der Waals surface area (Å²) in [6, 6.07) is 4.18. The first-order valence-corrected chi connectivity index (χ1v) is 4.40. The lowest BCUT2D eigenvalue weighted by molar-refractivity contribution is 0.205. The number of anilines is 2.